The largest absolute Gasteiger partial charge is 0.512 e. The predicted molar refractivity (Wildman–Crippen MR) is 208 cm³/mol. The summed E-state index contributed by atoms with van der Waals surface area (Å²) in [5.41, 5.74) is 2.27. The number of ketones is 1. The third-order valence-corrected chi connectivity index (χ3v) is 23.5. The SMILES string of the molecule is CC(C)(C)c1cc(-c2c[c]([Bi]([F])([F])([c]3ccccc3)[c]3ccccc3)ccn2)[c-]c2ccccc12.CCC(CC)C(=O)/C=C(\O)C(CC)CC.[Ir]. The number of nitrogens with zero attached hydrogens (tertiary/aromatic N) is 1. The minimum absolute atomic E-state index is 0. The summed E-state index contributed by atoms with van der Waals surface area (Å²) in [5, 5.41) is 11.8. The van der Waals surface area contributed by atoms with Gasteiger partial charge in [-0.05, 0) is 25.7 Å². The maximum atomic E-state index is 17.4. The van der Waals surface area contributed by atoms with Gasteiger partial charge in [-0.25, -0.2) is 0 Å². The van der Waals surface area contributed by atoms with Crippen molar-refractivity contribution in [1.82, 2.24) is 4.98 Å². The number of aliphatic hydroxyl groups excluding tert-OH is 1. The van der Waals surface area contributed by atoms with Gasteiger partial charge in [-0.3, -0.25) is 4.79 Å². The summed E-state index contributed by atoms with van der Waals surface area (Å²) in [6, 6.07) is 33.3. The molecule has 5 rings (SSSR count). The Hall–Kier alpha value is -3.11. The Kier molecular flexibility index (Phi) is 15.0. The standard InChI is InChI=1S/C19H17N.C13H24O2.2C6H5.Bi.2FH.Ir/c1-19(2,3)17-13-15(18-10-6-7-11-20-18)12-14-8-4-5-9-16(14)17;1-5-10(6-2)12(14)9-13(15)11(7-3)8-4;2*1-2-4-6-5-3-1;;;;/h4-5,7-11,13H,1-3H3;9-11,14H,5-8H2,1-4H3;2*1-5H;;2*1H;/q-1;;;;+2;;;/p-2/b;12-9-;;;;;;. The molecule has 5 aromatic rings. The van der Waals surface area contributed by atoms with Crippen molar-refractivity contribution < 1.29 is 35.3 Å². The molecule has 1 heterocycles. The average molecular weight is 1070 g/mol. The summed E-state index contributed by atoms with van der Waals surface area (Å²) in [6.45, 7) is 14.6. The van der Waals surface area contributed by atoms with Gasteiger partial charge in [-0.1, -0.05) is 27.7 Å². The molecule has 1 N–H and O–H groups in total. The van der Waals surface area contributed by atoms with Crippen molar-refractivity contribution in [2.75, 3.05) is 0 Å². The van der Waals surface area contributed by atoms with Crippen LogP contribution in [0.15, 0.2) is 121 Å². The van der Waals surface area contributed by atoms with E-state index in [1.807, 2.05) is 45.9 Å². The van der Waals surface area contributed by atoms with Gasteiger partial charge in [0.1, 0.15) is 0 Å². The predicted octanol–water partition coefficient (Wildman–Crippen LogP) is 10.2. The van der Waals surface area contributed by atoms with Gasteiger partial charge < -0.3 is 5.11 Å². The molecular formula is C44H51BiF2IrNO2-. The summed E-state index contributed by atoms with van der Waals surface area (Å²) in [4.78, 5) is 16.3. The minimum atomic E-state index is -6.93. The van der Waals surface area contributed by atoms with E-state index < -0.39 is 20.0 Å². The first-order valence-corrected chi connectivity index (χ1v) is 25.6. The van der Waals surface area contributed by atoms with Gasteiger partial charge in [0.05, 0.1) is 5.76 Å². The smallest absolute Gasteiger partial charge is 0.162 e. The summed E-state index contributed by atoms with van der Waals surface area (Å²) in [6.07, 6.45) is 6.42. The molecule has 0 aliphatic carbocycles. The van der Waals surface area contributed by atoms with Crippen molar-refractivity contribution >= 4 is 46.4 Å². The molecule has 0 saturated carbocycles. The Morgan fingerprint density at radius 1 is 0.765 bits per heavy atom. The van der Waals surface area contributed by atoms with Gasteiger partial charge in [0.15, 0.2) is 5.78 Å². The molecule has 1 aromatic heterocycles. The zero-order valence-corrected chi connectivity index (χ0v) is 36.7. The number of aliphatic hydroxyl groups is 1. The Labute approximate surface area is 319 Å². The number of rotatable bonds is 11. The topological polar surface area (TPSA) is 50.2 Å². The van der Waals surface area contributed by atoms with E-state index in [1.54, 1.807) is 66.7 Å². The molecule has 0 unspecified atom stereocenters. The molecule has 0 atom stereocenters. The Morgan fingerprint density at radius 3 is 1.78 bits per heavy atom. The molecule has 273 valence electrons. The normalized spacial score (nSPS) is 12.8. The molecule has 0 aliphatic rings. The fourth-order valence-electron chi connectivity index (χ4n) is 6.41. The Morgan fingerprint density at radius 2 is 1.27 bits per heavy atom. The van der Waals surface area contributed by atoms with E-state index in [9.17, 15) is 9.90 Å². The van der Waals surface area contributed by atoms with Crippen LogP contribution >= 0.6 is 0 Å². The fourth-order valence-corrected chi connectivity index (χ4v) is 17.9. The van der Waals surface area contributed by atoms with E-state index in [2.05, 4.69) is 44.0 Å². The monoisotopic (exact) mass is 1070 g/mol. The zero-order valence-electron chi connectivity index (χ0n) is 30.8. The number of halogens is 2. The van der Waals surface area contributed by atoms with Crippen LogP contribution in [0.4, 0.5) is 5.25 Å². The van der Waals surface area contributed by atoms with Crippen LogP contribution in [-0.4, -0.2) is 35.9 Å². The van der Waals surface area contributed by atoms with E-state index in [1.165, 1.54) is 18.3 Å². The molecule has 7 heteroatoms. The summed E-state index contributed by atoms with van der Waals surface area (Å²) in [5.74, 6) is 0.547. The van der Waals surface area contributed by atoms with E-state index in [0.29, 0.717) is 5.69 Å². The molecule has 0 aliphatic heterocycles. The number of hydrogen-bond donors (Lipinski definition) is 1. The number of benzene rings is 4. The van der Waals surface area contributed by atoms with Gasteiger partial charge in [0, 0.05) is 38.0 Å². The molecule has 0 amide bonds. The van der Waals surface area contributed by atoms with Crippen molar-refractivity contribution in [2.24, 2.45) is 11.8 Å². The van der Waals surface area contributed by atoms with Crippen LogP contribution in [0.3, 0.4) is 0 Å². The molecule has 0 saturated heterocycles. The third-order valence-electron chi connectivity index (χ3n) is 9.56. The Balaban J connectivity index is 0.000000374. The number of aromatic nitrogens is 1. The van der Waals surface area contributed by atoms with Crippen molar-refractivity contribution in [3.8, 4) is 11.3 Å². The van der Waals surface area contributed by atoms with Crippen molar-refractivity contribution in [1.29, 1.82) is 0 Å². The first-order chi connectivity index (χ1) is 23.8. The van der Waals surface area contributed by atoms with E-state index in [4.69, 9.17) is 0 Å². The van der Waals surface area contributed by atoms with E-state index >= 15 is 5.25 Å². The summed E-state index contributed by atoms with van der Waals surface area (Å²) in [7, 11) is 0. The third kappa shape index (κ3) is 9.47. The molecular weight excluding hydrogens is 1010 g/mol. The van der Waals surface area contributed by atoms with Crippen LogP contribution in [0.1, 0.15) is 79.7 Å². The van der Waals surface area contributed by atoms with E-state index in [-0.39, 0.29) is 58.7 Å². The molecule has 0 bridgehead atoms. The molecule has 51 heavy (non-hydrogen) atoms. The van der Waals surface area contributed by atoms with Crippen LogP contribution in [0.2, 0.25) is 0 Å². The molecule has 4 aromatic carbocycles. The number of pyridine rings is 1. The maximum absolute atomic E-state index is 17.4. The van der Waals surface area contributed by atoms with Crippen molar-refractivity contribution in [3.05, 3.63) is 133 Å². The van der Waals surface area contributed by atoms with Crippen LogP contribution in [-0.2, 0) is 30.3 Å². The molecule has 1 radical (unpaired) electrons. The Bertz CT molecular complexity index is 1870. The number of fused-ring (bicyclic) bond motifs is 1. The number of allylic oxidation sites excluding steroid dienone is 2. The van der Waals surface area contributed by atoms with Crippen molar-refractivity contribution in [3.63, 3.8) is 0 Å². The number of carbonyl (C=O) groups is 1. The number of hydrogen-bond acceptors (Lipinski definition) is 3. The molecule has 0 spiro atoms. The first-order valence-electron chi connectivity index (χ1n) is 17.7. The van der Waals surface area contributed by atoms with Gasteiger partial charge in [-0.15, -0.1) is 0 Å². The second-order valence-electron chi connectivity index (χ2n) is 13.9. The maximum Gasteiger partial charge on any atom is 0.162 e. The first kappa shape index (κ1) is 42.3. The van der Waals surface area contributed by atoms with Crippen LogP contribution in [0.25, 0.3) is 22.0 Å². The fraction of sp³-hybridized carbons (Fsp3) is 0.318. The zero-order chi connectivity index (χ0) is 36.6. The van der Waals surface area contributed by atoms with Crippen LogP contribution < -0.4 is 9.81 Å². The quantitative estimate of drug-likeness (QED) is 0.0621. The van der Waals surface area contributed by atoms with Gasteiger partial charge in [-0.2, -0.15) is 0 Å². The minimum Gasteiger partial charge on any atom is -0.512 e. The van der Waals surface area contributed by atoms with Gasteiger partial charge in [0.2, 0.25) is 0 Å². The second kappa shape index (κ2) is 18.1. The van der Waals surface area contributed by atoms with Crippen LogP contribution in [0, 0.1) is 17.9 Å². The van der Waals surface area contributed by atoms with Crippen LogP contribution in [0.5, 0.6) is 0 Å². The van der Waals surface area contributed by atoms with Gasteiger partial charge in [0.25, 0.3) is 0 Å². The molecule has 3 nitrogen and oxygen atoms in total. The second-order valence-corrected chi connectivity index (χ2v) is 26.9. The summed E-state index contributed by atoms with van der Waals surface area (Å²) < 4.78 is 35.1. The van der Waals surface area contributed by atoms with Crippen molar-refractivity contribution in [2.45, 2.75) is 79.6 Å². The summed E-state index contributed by atoms with van der Waals surface area (Å²) >= 11 is -6.93. The average Bonchev–Trinajstić information content (AvgIpc) is 3.13. The number of carbonyl (C=O) groups excluding carboxylic acids is 1. The van der Waals surface area contributed by atoms with Gasteiger partial charge >= 0.3 is 209 Å². The molecule has 0 fully saturated rings. The van der Waals surface area contributed by atoms with E-state index in [0.717, 1.165) is 47.6 Å².